The van der Waals surface area contributed by atoms with Gasteiger partial charge in [-0.1, -0.05) is 66.7 Å². The first kappa shape index (κ1) is 16.8. The van der Waals surface area contributed by atoms with Crippen LogP contribution in [0.1, 0.15) is 15.9 Å². The van der Waals surface area contributed by atoms with Gasteiger partial charge in [0.05, 0.1) is 0 Å². The molecule has 0 saturated carbocycles. The zero-order valence-corrected chi connectivity index (χ0v) is 13.1. The predicted octanol–water partition coefficient (Wildman–Crippen LogP) is 4.74. The Morgan fingerprint density at radius 3 is 1.83 bits per heavy atom. The molecule has 0 N–H and O–H groups in total. The fraction of sp³-hybridized carbons (Fsp3) is 0. The molecule has 0 aliphatic rings. The molecule has 0 spiro atoms. The fourth-order valence-electron chi connectivity index (χ4n) is 1.43. The Labute approximate surface area is 128 Å². The molecule has 0 bridgehead atoms. The van der Waals surface area contributed by atoms with Crippen molar-refractivity contribution in [2.24, 2.45) is 0 Å². The molecule has 0 fully saturated rings. The van der Waals surface area contributed by atoms with Crippen LogP contribution >= 0.6 is 34.0 Å². The first-order valence-electron chi connectivity index (χ1n) is 5.19. The number of hydrogen-bond acceptors (Lipinski definition) is 1. The zero-order valence-electron chi connectivity index (χ0n) is 9.65. The van der Waals surface area contributed by atoms with Crippen LogP contribution in [0.15, 0.2) is 66.7 Å². The van der Waals surface area contributed by atoms with Crippen LogP contribution in [0.5, 0.6) is 0 Å². The Kier molecular flexibility index (Phi) is 8.25. The van der Waals surface area contributed by atoms with Gasteiger partial charge in [0.15, 0.2) is 5.78 Å². The van der Waals surface area contributed by atoms with Crippen molar-refractivity contribution < 1.29 is 4.79 Å². The summed E-state index contributed by atoms with van der Waals surface area (Å²) in [5.74, 6) is 0.0319. The summed E-state index contributed by atoms with van der Waals surface area (Å²) in [6.07, 6.45) is 3.43. The molecule has 3 heteroatoms. The summed E-state index contributed by atoms with van der Waals surface area (Å²) in [4.78, 5) is 11.7. The van der Waals surface area contributed by atoms with Crippen molar-refractivity contribution in [2.75, 3.05) is 0 Å². The van der Waals surface area contributed by atoms with E-state index < -0.39 is 0 Å². The fourth-order valence-corrected chi connectivity index (χ4v) is 1.43. The second-order valence-corrected chi connectivity index (χ2v) is 3.47. The molecule has 0 saturated heterocycles. The number of carbonyl (C=O) groups is 1. The Morgan fingerprint density at radius 2 is 1.28 bits per heavy atom. The summed E-state index contributed by atoms with van der Waals surface area (Å²) in [6, 6.07) is 19.1. The van der Waals surface area contributed by atoms with E-state index in [0.717, 1.165) is 11.1 Å². The molecule has 0 atom stereocenters. The van der Waals surface area contributed by atoms with E-state index in [9.17, 15) is 4.79 Å². The summed E-state index contributed by atoms with van der Waals surface area (Å²) >= 11 is 0. The van der Waals surface area contributed by atoms with Crippen LogP contribution in [0, 0.1) is 0 Å². The van der Waals surface area contributed by atoms with Gasteiger partial charge in [-0.2, -0.15) is 0 Å². The summed E-state index contributed by atoms with van der Waals surface area (Å²) in [7, 11) is 0. The zero-order chi connectivity index (χ0) is 11.2. The molecule has 0 aliphatic heterocycles. The van der Waals surface area contributed by atoms with E-state index in [2.05, 4.69) is 0 Å². The van der Waals surface area contributed by atoms with Crippen LogP contribution in [-0.2, 0) is 0 Å². The third kappa shape index (κ3) is 4.98. The summed E-state index contributed by atoms with van der Waals surface area (Å²) < 4.78 is 0. The predicted molar refractivity (Wildman–Crippen MR) is 86.9 cm³/mol. The van der Waals surface area contributed by atoms with E-state index in [1.165, 1.54) is 0 Å². The first-order chi connectivity index (χ1) is 7.86. The van der Waals surface area contributed by atoms with Gasteiger partial charge in [0, 0.05) is 5.56 Å². The van der Waals surface area contributed by atoms with Crippen molar-refractivity contribution in [1.29, 1.82) is 0 Å². The maximum absolute atomic E-state index is 11.7. The highest BCUT2D eigenvalue weighted by Gasteiger charge is 1.98. The number of benzene rings is 2. The summed E-state index contributed by atoms with van der Waals surface area (Å²) in [6.45, 7) is 0. The number of carbonyl (C=O) groups excluding carboxylic acids is 1. The van der Waals surface area contributed by atoms with Crippen LogP contribution in [0.25, 0.3) is 6.08 Å². The topological polar surface area (TPSA) is 17.1 Å². The highest BCUT2D eigenvalue weighted by molar-refractivity contribution is 8.93. The molecule has 0 heterocycles. The number of hydrogen-bond donors (Lipinski definition) is 0. The molecular weight excluding hydrogens is 356 g/mol. The van der Waals surface area contributed by atoms with E-state index in [1.54, 1.807) is 6.08 Å². The molecule has 2 aromatic carbocycles. The van der Waals surface area contributed by atoms with E-state index in [-0.39, 0.29) is 39.7 Å². The highest BCUT2D eigenvalue weighted by atomic mass is 79.9. The van der Waals surface area contributed by atoms with Gasteiger partial charge in [-0.3, -0.25) is 4.79 Å². The van der Waals surface area contributed by atoms with Crippen molar-refractivity contribution >= 4 is 45.8 Å². The maximum Gasteiger partial charge on any atom is 0.185 e. The molecule has 2 aromatic rings. The average molecular weight is 370 g/mol. The van der Waals surface area contributed by atoms with Crippen LogP contribution in [0.3, 0.4) is 0 Å². The lowest BCUT2D eigenvalue weighted by Crippen LogP contribution is -1.92. The number of ketones is 1. The molecule has 0 aliphatic carbocycles. The Balaban J connectivity index is 0.00000144. The number of allylic oxidation sites excluding steroid dienone is 1. The molecule has 0 amide bonds. The lowest BCUT2D eigenvalue weighted by atomic mass is 10.1. The number of rotatable bonds is 3. The molecule has 0 aromatic heterocycles. The van der Waals surface area contributed by atoms with Crippen molar-refractivity contribution in [2.45, 2.75) is 0 Å². The van der Waals surface area contributed by atoms with Gasteiger partial charge in [0.2, 0.25) is 0 Å². The lowest BCUT2D eigenvalue weighted by Gasteiger charge is -1.94. The Hall–Kier alpha value is -1.19. The molecule has 18 heavy (non-hydrogen) atoms. The van der Waals surface area contributed by atoms with Crippen molar-refractivity contribution in [3.8, 4) is 0 Å². The average Bonchev–Trinajstić information content (AvgIpc) is 2.38. The standard InChI is InChI=1S/C15H12O.2BrH/c16-15(14-9-5-2-6-10-14)12-11-13-7-3-1-4-8-13;;/h1-12H;2*1H. The first-order valence-corrected chi connectivity index (χ1v) is 5.19. The molecule has 0 radical (unpaired) electrons. The minimum absolute atomic E-state index is 0. The molecule has 94 valence electrons. The van der Waals surface area contributed by atoms with Gasteiger partial charge < -0.3 is 0 Å². The molecule has 1 nitrogen and oxygen atoms in total. The maximum atomic E-state index is 11.7. The van der Waals surface area contributed by atoms with E-state index in [1.807, 2.05) is 66.7 Å². The second kappa shape index (κ2) is 8.84. The van der Waals surface area contributed by atoms with Gasteiger partial charge in [0.1, 0.15) is 0 Å². The minimum Gasteiger partial charge on any atom is -0.289 e. The van der Waals surface area contributed by atoms with Gasteiger partial charge >= 0.3 is 0 Å². The van der Waals surface area contributed by atoms with Gasteiger partial charge in [-0.15, -0.1) is 34.0 Å². The van der Waals surface area contributed by atoms with Crippen LogP contribution in [-0.4, -0.2) is 5.78 Å². The van der Waals surface area contributed by atoms with E-state index in [0.29, 0.717) is 0 Å². The smallest absolute Gasteiger partial charge is 0.185 e. The SMILES string of the molecule is Br.Br.O=C(C=Cc1ccccc1)c1ccccc1. The second-order valence-electron chi connectivity index (χ2n) is 3.47. The molecule has 0 unspecified atom stereocenters. The summed E-state index contributed by atoms with van der Waals surface area (Å²) in [5.41, 5.74) is 1.75. The van der Waals surface area contributed by atoms with Crippen molar-refractivity contribution in [3.63, 3.8) is 0 Å². The Bertz CT molecular complexity index is 492. The largest absolute Gasteiger partial charge is 0.289 e. The third-order valence-electron chi connectivity index (χ3n) is 2.29. The monoisotopic (exact) mass is 368 g/mol. The highest BCUT2D eigenvalue weighted by Crippen LogP contribution is 2.05. The Morgan fingerprint density at radius 1 is 0.778 bits per heavy atom. The number of halogens is 2. The van der Waals surface area contributed by atoms with Gasteiger partial charge in [-0.25, -0.2) is 0 Å². The molecule has 2 rings (SSSR count). The van der Waals surface area contributed by atoms with Crippen LogP contribution in [0.4, 0.5) is 0 Å². The quantitative estimate of drug-likeness (QED) is 0.564. The van der Waals surface area contributed by atoms with Crippen molar-refractivity contribution in [1.82, 2.24) is 0 Å². The minimum atomic E-state index is 0. The van der Waals surface area contributed by atoms with E-state index in [4.69, 9.17) is 0 Å². The third-order valence-corrected chi connectivity index (χ3v) is 2.29. The van der Waals surface area contributed by atoms with Gasteiger partial charge in [-0.05, 0) is 11.6 Å². The lowest BCUT2D eigenvalue weighted by molar-refractivity contribution is 0.104. The van der Waals surface area contributed by atoms with E-state index >= 15 is 0 Å². The van der Waals surface area contributed by atoms with Gasteiger partial charge in [0.25, 0.3) is 0 Å². The van der Waals surface area contributed by atoms with Crippen LogP contribution < -0.4 is 0 Å². The van der Waals surface area contributed by atoms with Crippen LogP contribution in [0.2, 0.25) is 0 Å². The van der Waals surface area contributed by atoms with Crippen molar-refractivity contribution in [3.05, 3.63) is 77.9 Å². The molecular formula is C15H14Br2O. The summed E-state index contributed by atoms with van der Waals surface area (Å²) in [5, 5.41) is 0. The normalized spacial score (nSPS) is 9.33.